The van der Waals surface area contributed by atoms with Crippen LogP contribution in [0.4, 0.5) is 0 Å². The highest BCUT2D eigenvalue weighted by atomic mass is 16.5. The molecular formula is C16H24N2O2. The van der Waals surface area contributed by atoms with Crippen LogP contribution in [0.15, 0.2) is 24.3 Å². The van der Waals surface area contributed by atoms with E-state index in [9.17, 15) is 4.79 Å². The highest BCUT2D eigenvalue weighted by molar-refractivity contribution is 5.79. The Kier molecular flexibility index (Phi) is 5.56. The van der Waals surface area contributed by atoms with Gasteiger partial charge in [0, 0.05) is 26.2 Å². The molecule has 4 heteroatoms. The fraction of sp³-hybridized carbons (Fsp3) is 0.562. The molecule has 1 heterocycles. The van der Waals surface area contributed by atoms with Gasteiger partial charge in [0.15, 0.2) is 0 Å². The molecule has 0 spiro atoms. The zero-order valence-electron chi connectivity index (χ0n) is 12.2. The second-order valence-corrected chi connectivity index (χ2v) is 5.19. The van der Waals surface area contributed by atoms with Gasteiger partial charge in [-0.05, 0) is 30.9 Å². The number of rotatable bonds is 5. The molecular weight excluding hydrogens is 252 g/mol. The Bertz CT molecular complexity index is 440. The number of amides is 1. The second-order valence-electron chi connectivity index (χ2n) is 5.19. The molecule has 110 valence electrons. The summed E-state index contributed by atoms with van der Waals surface area (Å²) in [5, 5.41) is 0. The van der Waals surface area contributed by atoms with Crippen LogP contribution in [-0.4, -0.2) is 36.6 Å². The minimum absolute atomic E-state index is 0.195. The van der Waals surface area contributed by atoms with Gasteiger partial charge in [0.2, 0.25) is 5.91 Å². The molecule has 0 aromatic heterocycles. The van der Waals surface area contributed by atoms with Gasteiger partial charge < -0.3 is 15.4 Å². The molecule has 2 N–H and O–H groups in total. The standard InChI is InChI=1S/C16H24N2O2/c1-2-20-15-7-9-18(10-8-15)16(19)11-13-5-3-4-6-14(13)12-17/h3-6,15H,2,7-12,17H2,1H3. The van der Waals surface area contributed by atoms with Crippen molar-refractivity contribution in [2.24, 2.45) is 5.73 Å². The predicted molar refractivity (Wildman–Crippen MR) is 79.3 cm³/mol. The van der Waals surface area contributed by atoms with Gasteiger partial charge in [0.25, 0.3) is 0 Å². The van der Waals surface area contributed by atoms with E-state index in [0.29, 0.717) is 19.1 Å². The van der Waals surface area contributed by atoms with Gasteiger partial charge in [-0.1, -0.05) is 24.3 Å². The van der Waals surface area contributed by atoms with Gasteiger partial charge in [0.1, 0.15) is 0 Å². The van der Waals surface area contributed by atoms with Crippen LogP contribution in [0.5, 0.6) is 0 Å². The lowest BCUT2D eigenvalue weighted by molar-refractivity contribution is -0.133. The van der Waals surface area contributed by atoms with Crippen LogP contribution in [0.1, 0.15) is 30.9 Å². The third kappa shape index (κ3) is 3.81. The van der Waals surface area contributed by atoms with E-state index in [1.165, 1.54) is 0 Å². The van der Waals surface area contributed by atoms with Crippen molar-refractivity contribution in [3.8, 4) is 0 Å². The predicted octanol–water partition coefficient (Wildman–Crippen LogP) is 1.72. The lowest BCUT2D eigenvalue weighted by atomic mass is 10.0. The average Bonchev–Trinajstić information content (AvgIpc) is 2.49. The van der Waals surface area contributed by atoms with Gasteiger partial charge in [-0.25, -0.2) is 0 Å². The summed E-state index contributed by atoms with van der Waals surface area (Å²) in [6, 6.07) is 7.91. The van der Waals surface area contributed by atoms with Crippen molar-refractivity contribution in [1.82, 2.24) is 4.90 Å². The molecule has 0 aliphatic carbocycles. The maximum absolute atomic E-state index is 12.3. The lowest BCUT2D eigenvalue weighted by Gasteiger charge is -2.32. The van der Waals surface area contributed by atoms with Crippen molar-refractivity contribution in [2.45, 2.75) is 38.8 Å². The van der Waals surface area contributed by atoms with Crippen molar-refractivity contribution in [3.05, 3.63) is 35.4 Å². The molecule has 1 fully saturated rings. The number of hydrogen-bond donors (Lipinski definition) is 1. The first-order chi connectivity index (χ1) is 9.74. The van der Waals surface area contributed by atoms with Gasteiger partial charge in [-0.2, -0.15) is 0 Å². The summed E-state index contributed by atoms with van der Waals surface area (Å²) in [6.45, 7) is 4.85. The molecule has 0 atom stereocenters. The molecule has 1 aliphatic rings. The summed E-state index contributed by atoms with van der Waals surface area (Å²) < 4.78 is 5.61. The van der Waals surface area contributed by atoms with Crippen LogP contribution < -0.4 is 5.73 Å². The number of carbonyl (C=O) groups is 1. The summed E-state index contributed by atoms with van der Waals surface area (Å²) in [5.41, 5.74) is 7.82. The number of carbonyl (C=O) groups excluding carboxylic acids is 1. The number of piperidine rings is 1. The van der Waals surface area contributed by atoms with Gasteiger partial charge in [-0.3, -0.25) is 4.79 Å². The molecule has 1 aromatic rings. The molecule has 0 unspecified atom stereocenters. The topological polar surface area (TPSA) is 55.6 Å². The van der Waals surface area contributed by atoms with Crippen LogP contribution >= 0.6 is 0 Å². The minimum atomic E-state index is 0.195. The molecule has 0 saturated carbocycles. The SMILES string of the molecule is CCOC1CCN(C(=O)Cc2ccccc2CN)CC1. The van der Waals surface area contributed by atoms with Crippen LogP contribution in [0.25, 0.3) is 0 Å². The Morgan fingerprint density at radius 1 is 1.30 bits per heavy atom. The van der Waals surface area contributed by atoms with Gasteiger partial charge in [-0.15, -0.1) is 0 Å². The first-order valence-corrected chi connectivity index (χ1v) is 7.40. The molecule has 20 heavy (non-hydrogen) atoms. The monoisotopic (exact) mass is 276 g/mol. The molecule has 0 bridgehead atoms. The van der Waals surface area contributed by atoms with Crippen molar-refractivity contribution in [2.75, 3.05) is 19.7 Å². The molecule has 1 aromatic carbocycles. The summed E-state index contributed by atoms with van der Waals surface area (Å²) in [7, 11) is 0. The quantitative estimate of drug-likeness (QED) is 0.891. The Morgan fingerprint density at radius 2 is 1.95 bits per heavy atom. The van der Waals surface area contributed by atoms with E-state index < -0.39 is 0 Å². The summed E-state index contributed by atoms with van der Waals surface area (Å²) in [6.07, 6.45) is 2.66. The van der Waals surface area contributed by atoms with Gasteiger partial charge >= 0.3 is 0 Å². The van der Waals surface area contributed by atoms with Crippen LogP contribution in [0.3, 0.4) is 0 Å². The molecule has 2 rings (SSSR count). The highest BCUT2D eigenvalue weighted by Crippen LogP contribution is 2.16. The van der Waals surface area contributed by atoms with Crippen LogP contribution in [0.2, 0.25) is 0 Å². The smallest absolute Gasteiger partial charge is 0.227 e. The first kappa shape index (κ1) is 15.0. The maximum atomic E-state index is 12.3. The fourth-order valence-electron chi connectivity index (χ4n) is 2.71. The number of benzene rings is 1. The minimum Gasteiger partial charge on any atom is -0.378 e. The van der Waals surface area contributed by atoms with E-state index in [1.54, 1.807) is 0 Å². The Morgan fingerprint density at radius 3 is 2.55 bits per heavy atom. The normalized spacial score (nSPS) is 16.4. The Balaban J connectivity index is 1.89. The molecule has 1 saturated heterocycles. The second kappa shape index (κ2) is 7.41. The zero-order valence-corrected chi connectivity index (χ0v) is 12.2. The molecule has 1 amide bonds. The zero-order chi connectivity index (χ0) is 14.4. The van der Waals surface area contributed by atoms with Gasteiger partial charge in [0.05, 0.1) is 12.5 Å². The fourth-order valence-corrected chi connectivity index (χ4v) is 2.71. The third-order valence-electron chi connectivity index (χ3n) is 3.88. The van der Waals surface area contributed by atoms with E-state index in [2.05, 4.69) is 0 Å². The number of hydrogen-bond acceptors (Lipinski definition) is 3. The van der Waals surface area contributed by atoms with Crippen molar-refractivity contribution in [1.29, 1.82) is 0 Å². The van der Waals surface area contributed by atoms with Crippen molar-refractivity contribution in [3.63, 3.8) is 0 Å². The van der Waals surface area contributed by atoms with Crippen molar-refractivity contribution < 1.29 is 9.53 Å². The Labute approximate surface area is 120 Å². The summed E-state index contributed by atoms with van der Waals surface area (Å²) >= 11 is 0. The number of likely N-dealkylation sites (tertiary alicyclic amines) is 1. The maximum Gasteiger partial charge on any atom is 0.227 e. The number of ether oxygens (including phenoxy) is 1. The summed E-state index contributed by atoms with van der Waals surface area (Å²) in [4.78, 5) is 14.3. The van der Waals surface area contributed by atoms with E-state index >= 15 is 0 Å². The van der Waals surface area contributed by atoms with Crippen LogP contribution in [0, 0.1) is 0 Å². The van der Waals surface area contributed by atoms with Crippen molar-refractivity contribution >= 4 is 5.91 Å². The highest BCUT2D eigenvalue weighted by Gasteiger charge is 2.23. The largest absolute Gasteiger partial charge is 0.378 e. The van der Waals surface area contributed by atoms with E-state index in [1.807, 2.05) is 36.1 Å². The average molecular weight is 276 g/mol. The van der Waals surface area contributed by atoms with E-state index in [0.717, 1.165) is 43.7 Å². The Hall–Kier alpha value is -1.39. The summed E-state index contributed by atoms with van der Waals surface area (Å²) in [5.74, 6) is 0.195. The van der Waals surface area contributed by atoms with E-state index in [4.69, 9.17) is 10.5 Å². The third-order valence-corrected chi connectivity index (χ3v) is 3.88. The molecule has 1 aliphatic heterocycles. The van der Waals surface area contributed by atoms with Crippen LogP contribution in [-0.2, 0) is 22.5 Å². The number of nitrogens with zero attached hydrogens (tertiary/aromatic N) is 1. The molecule has 0 radical (unpaired) electrons. The first-order valence-electron chi connectivity index (χ1n) is 7.40. The lowest BCUT2D eigenvalue weighted by Crippen LogP contribution is -2.41. The number of nitrogens with two attached hydrogens (primary N) is 1. The molecule has 4 nitrogen and oxygen atoms in total. The van der Waals surface area contributed by atoms with E-state index in [-0.39, 0.29) is 5.91 Å².